The van der Waals surface area contributed by atoms with E-state index in [0.29, 0.717) is 38.4 Å². The minimum Gasteiger partial charge on any atom is -0.340 e. The van der Waals surface area contributed by atoms with E-state index < -0.39 is 0 Å². The molecule has 0 aliphatic carbocycles. The average molecular weight is 383 g/mol. The Kier molecular flexibility index (Phi) is 5.37. The summed E-state index contributed by atoms with van der Waals surface area (Å²) in [5, 5.41) is 15.4. The molecule has 0 aliphatic heterocycles. The first-order valence-electron chi connectivity index (χ1n) is 7.55. The summed E-state index contributed by atoms with van der Waals surface area (Å²) in [5.41, 5.74) is 1.96. The summed E-state index contributed by atoms with van der Waals surface area (Å²) in [6.45, 7) is 0. The summed E-state index contributed by atoms with van der Waals surface area (Å²) >= 11 is 12.2. The van der Waals surface area contributed by atoms with E-state index >= 15 is 0 Å². The fourth-order valence-electron chi connectivity index (χ4n) is 2.26. The van der Waals surface area contributed by atoms with Crippen molar-refractivity contribution in [2.45, 2.75) is 0 Å². The Hall–Kier alpha value is -3.07. The number of nitrogens with one attached hydrogen (secondary N) is 2. The van der Waals surface area contributed by atoms with Gasteiger partial charge in [-0.3, -0.25) is 4.79 Å². The molecule has 0 radical (unpaired) electrons. The second kappa shape index (κ2) is 7.87. The average Bonchev–Trinajstić information content (AvgIpc) is 2.65. The molecule has 3 rings (SSSR count). The molecule has 2 N–H and O–H groups in total. The van der Waals surface area contributed by atoms with Crippen LogP contribution in [0.1, 0.15) is 15.9 Å². The smallest absolute Gasteiger partial charge is 0.255 e. The zero-order chi connectivity index (χ0) is 18.5. The van der Waals surface area contributed by atoms with Crippen molar-refractivity contribution in [3.05, 3.63) is 82.0 Å². The number of carbonyl (C=O) groups excluding carboxylic acids is 1. The lowest BCUT2D eigenvalue weighted by Crippen LogP contribution is -2.13. The normalized spacial score (nSPS) is 10.0. The van der Waals surface area contributed by atoms with Gasteiger partial charge in [-0.25, -0.2) is 4.98 Å². The standard InChI is InChI=1S/C19H12Cl2N4O/c20-15-5-2-6-16(21)18(15)25-19(26)13-7-8-23-17(10-13)24-14-4-1-3-12(9-14)11-22/h1-10H,(H,23,24)(H,25,26). The highest BCUT2D eigenvalue weighted by Gasteiger charge is 2.12. The van der Waals surface area contributed by atoms with Crippen molar-refractivity contribution in [3.63, 3.8) is 0 Å². The van der Waals surface area contributed by atoms with Gasteiger partial charge in [0.05, 0.1) is 27.4 Å². The number of benzene rings is 2. The van der Waals surface area contributed by atoms with Gasteiger partial charge < -0.3 is 10.6 Å². The molecule has 1 aromatic heterocycles. The summed E-state index contributed by atoms with van der Waals surface area (Å²) in [6, 6.07) is 17.2. The fraction of sp³-hybridized carbons (Fsp3) is 0. The second-order valence-corrected chi connectivity index (χ2v) is 6.11. The Morgan fingerprint density at radius 2 is 1.77 bits per heavy atom. The summed E-state index contributed by atoms with van der Waals surface area (Å²) < 4.78 is 0. The van der Waals surface area contributed by atoms with Crippen LogP contribution in [0.5, 0.6) is 0 Å². The minimum absolute atomic E-state index is 0.353. The summed E-state index contributed by atoms with van der Waals surface area (Å²) in [6.07, 6.45) is 1.51. The van der Waals surface area contributed by atoms with Gasteiger partial charge in [0.2, 0.25) is 0 Å². The number of nitriles is 1. The van der Waals surface area contributed by atoms with Crippen molar-refractivity contribution in [1.82, 2.24) is 4.98 Å². The van der Waals surface area contributed by atoms with E-state index in [-0.39, 0.29) is 5.91 Å². The van der Waals surface area contributed by atoms with Crippen LogP contribution in [0.4, 0.5) is 17.2 Å². The molecular formula is C19H12Cl2N4O. The van der Waals surface area contributed by atoms with Crippen LogP contribution >= 0.6 is 23.2 Å². The third kappa shape index (κ3) is 4.12. The maximum atomic E-state index is 12.5. The molecule has 128 valence electrons. The Balaban J connectivity index is 1.80. The van der Waals surface area contributed by atoms with Gasteiger partial charge >= 0.3 is 0 Å². The first kappa shape index (κ1) is 17.7. The maximum Gasteiger partial charge on any atom is 0.255 e. The van der Waals surface area contributed by atoms with E-state index in [0.717, 1.165) is 0 Å². The molecule has 0 unspecified atom stereocenters. The van der Waals surface area contributed by atoms with Gasteiger partial charge in [0.25, 0.3) is 5.91 Å². The molecule has 0 saturated carbocycles. The zero-order valence-electron chi connectivity index (χ0n) is 13.3. The lowest BCUT2D eigenvalue weighted by atomic mass is 10.2. The monoisotopic (exact) mass is 382 g/mol. The lowest BCUT2D eigenvalue weighted by Gasteiger charge is -2.10. The summed E-state index contributed by atoms with van der Waals surface area (Å²) in [4.78, 5) is 16.7. The molecule has 7 heteroatoms. The van der Waals surface area contributed by atoms with E-state index in [1.165, 1.54) is 6.20 Å². The molecule has 0 spiro atoms. The number of nitrogens with zero attached hydrogens (tertiary/aromatic N) is 2. The second-order valence-electron chi connectivity index (χ2n) is 5.30. The van der Waals surface area contributed by atoms with Crippen LogP contribution in [-0.2, 0) is 0 Å². The van der Waals surface area contributed by atoms with E-state index in [2.05, 4.69) is 21.7 Å². The fourth-order valence-corrected chi connectivity index (χ4v) is 2.75. The van der Waals surface area contributed by atoms with Gasteiger partial charge in [-0.15, -0.1) is 0 Å². The first-order chi connectivity index (χ1) is 12.6. The van der Waals surface area contributed by atoms with E-state index in [1.807, 2.05) is 0 Å². The molecule has 0 fully saturated rings. The van der Waals surface area contributed by atoms with Gasteiger partial charge in [0, 0.05) is 17.4 Å². The number of halogens is 2. The lowest BCUT2D eigenvalue weighted by molar-refractivity contribution is 0.102. The van der Waals surface area contributed by atoms with Crippen LogP contribution < -0.4 is 10.6 Å². The molecule has 0 saturated heterocycles. The zero-order valence-corrected chi connectivity index (χ0v) is 14.8. The van der Waals surface area contributed by atoms with Crippen molar-refractivity contribution in [2.75, 3.05) is 10.6 Å². The van der Waals surface area contributed by atoms with Crippen molar-refractivity contribution in [3.8, 4) is 6.07 Å². The molecule has 0 aliphatic rings. The van der Waals surface area contributed by atoms with Gasteiger partial charge in [0.15, 0.2) is 0 Å². The largest absolute Gasteiger partial charge is 0.340 e. The predicted octanol–water partition coefficient (Wildman–Crippen LogP) is 5.26. The molecule has 5 nitrogen and oxygen atoms in total. The molecule has 0 atom stereocenters. The molecule has 26 heavy (non-hydrogen) atoms. The predicted molar refractivity (Wildman–Crippen MR) is 103 cm³/mol. The number of pyridine rings is 1. The Bertz CT molecular complexity index is 994. The number of hydrogen-bond donors (Lipinski definition) is 2. The van der Waals surface area contributed by atoms with Gasteiger partial charge in [-0.2, -0.15) is 5.26 Å². The highest BCUT2D eigenvalue weighted by Crippen LogP contribution is 2.30. The van der Waals surface area contributed by atoms with Crippen molar-refractivity contribution >= 4 is 46.3 Å². The van der Waals surface area contributed by atoms with Crippen LogP contribution in [-0.4, -0.2) is 10.9 Å². The SMILES string of the molecule is N#Cc1cccc(Nc2cc(C(=O)Nc3c(Cl)cccc3Cl)ccn2)c1. The number of rotatable bonds is 4. The molecular weight excluding hydrogens is 371 g/mol. The topological polar surface area (TPSA) is 77.8 Å². The third-order valence-corrected chi connectivity index (χ3v) is 4.12. The molecule has 2 aromatic carbocycles. The number of carbonyl (C=O) groups is 1. The maximum absolute atomic E-state index is 12.5. The van der Waals surface area contributed by atoms with Gasteiger partial charge in [0.1, 0.15) is 5.82 Å². The van der Waals surface area contributed by atoms with E-state index in [4.69, 9.17) is 28.5 Å². The van der Waals surface area contributed by atoms with Crippen molar-refractivity contribution in [2.24, 2.45) is 0 Å². The first-order valence-corrected chi connectivity index (χ1v) is 8.31. The quantitative estimate of drug-likeness (QED) is 0.645. The highest BCUT2D eigenvalue weighted by molar-refractivity contribution is 6.40. The van der Waals surface area contributed by atoms with Crippen LogP contribution in [0.15, 0.2) is 60.8 Å². The molecule has 3 aromatic rings. The van der Waals surface area contributed by atoms with Crippen molar-refractivity contribution in [1.29, 1.82) is 5.26 Å². The minimum atomic E-state index is -0.365. The van der Waals surface area contributed by atoms with Crippen molar-refractivity contribution < 1.29 is 4.79 Å². The van der Waals surface area contributed by atoms with E-state index in [1.54, 1.807) is 54.6 Å². The van der Waals surface area contributed by atoms with Crippen LogP contribution in [0.2, 0.25) is 10.0 Å². The third-order valence-electron chi connectivity index (χ3n) is 3.49. The number of para-hydroxylation sites is 1. The Morgan fingerprint density at radius 1 is 1.04 bits per heavy atom. The summed E-state index contributed by atoms with van der Waals surface area (Å²) in [5.74, 6) is 0.106. The summed E-state index contributed by atoms with van der Waals surface area (Å²) in [7, 11) is 0. The number of hydrogen-bond acceptors (Lipinski definition) is 4. The Labute approximate surface area is 160 Å². The molecule has 1 heterocycles. The highest BCUT2D eigenvalue weighted by atomic mass is 35.5. The van der Waals surface area contributed by atoms with Gasteiger partial charge in [-0.1, -0.05) is 35.3 Å². The molecule has 0 bridgehead atoms. The molecule has 1 amide bonds. The van der Waals surface area contributed by atoms with Crippen LogP contribution in [0.3, 0.4) is 0 Å². The Morgan fingerprint density at radius 3 is 2.50 bits per heavy atom. The van der Waals surface area contributed by atoms with Crippen LogP contribution in [0.25, 0.3) is 0 Å². The van der Waals surface area contributed by atoms with Crippen LogP contribution in [0, 0.1) is 11.3 Å². The van der Waals surface area contributed by atoms with Gasteiger partial charge in [-0.05, 0) is 42.5 Å². The number of aromatic nitrogens is 1. The number of anilines is 3. The van der Waals surface area contributed by atoms with E-state index in [9.17, 15) is 4.79 Å². The number of amides is 1.